The van der Waals surface area contributed by atoms with Gasteiger partial charge in [0.25, 0.3) is 0 Å². The maximum Gasteiger partial charge on any atom is 0.314 e. The zero-order valence-electron chi connectivity index (χ0n) is 15.6. The molecule has 1 aromatic heterocycles. The van der Waals surface area contributed by atoms with Crippen LogP contribution in [-0.2, 0) is 37.5 Å². The number of hydrogen-bond acceptors (Lipinski definition) is 5. The number of carbonyl (C=O) groups excluding carboxylic acids is 2. The largest absolute Gasteiger partial charge is 0.344 e. The van der Waals surface area contributed by atoms with Crippen molar-refractivity contribution in [3.8, 4) is 5.69 Å². The summed E-state index contributed by atoms with van der Waals surface area (Å²) in [5.41, 5.74) is 2.06. The molecule has 10 heteroatoms. The van der Waals surface area contributed by atoms with Crippen molar-refractivity contribution in [2.75, 3.05) is 5.32 Å². The summed E-state index contributed by atoms with van der Waals surface area (Å²) < 4.78 is 25.5. The standard InChI is InChI=1S/C20H17ClN4O4S/c21-16-9-5-4-6-13(16)10-22-19(26)20(27)23-18-15-11-30(28,29)12-17(15)24-25(18)14-7-2-1-3-8-14/h1-9H,10-12H2,(H,22,26)(H,23,27). The number of nitrogens with zero attached hydrogens (tertiary/aromatic N) is 2. The molecule has 2 heterocycles. The number of benzene rings is 2. The van der Waals surface area contributed by atoms with Gasteiger partial charge in [-0.15, -0.1) is 0 Å². The zero-order chi connectivity index (χ0) is 21.3. The van der Waals surface area contributed by atoms with Gasteiger partial charge in [-0.3, -0.25) is 9.59 Å². The molecule has 0 atom stereocenters. The molecule has 0 fully saturated rings. The molecule has 0 bridgehead atoms. The minimum Gasteiger partial charge on any atom is -0.344 e. The molecule has 2 amide bonds. The molecule has 4 rings (SSSR count). The molecular weight excluding hydrogens is 428 g/mol. The summed E-state index contributed by atoms with van der Waals surface area (Å²) in [6, 6.07) is 15.9. The number of rotatable bonds is 4. The van der Waals surface area contributed by atoms with E-state index in [0.29, 0.717) is 27.5 Å². The predicted octanol–water partition coefficient (Wildman–Crippen LogP) is 2.21. The second-order valence-corrected chi connectivity index (χ2v) is 9.25. The lowest BCUT2D eigenvalue weighted by atomic mass is 10.2. The Hall–Kier alpha value is -3.17. The summed E-state index contributed by atoms with van der Waals surface area (Å²) in [5, 5.41) is 9.86. The van der Waals surface area contributed by atoms with Crippen LogP contribution >= 0.6 is 11.6 Å². The third-order valence-corrected chi connectivity index (χ3v) is 6.43. The highest BCUT2D eigenvalue weighted by molar-refractivity contribution is 7.90. The Labute approximate surface area is 177 Å². The van der Waals surface area contributed by atoms with E-state index in [-0.39, 0.29) is 23.9 Å². The van der Waals surface area contributed by atoms with Crippen LogP contribution in [0.3, 0.4) is 0 Å². The van der Waals surface area contributed by atoms with Crippen LogP contribution < -0.4 is 10.6 Å². The smallest absolute Gasteiger partial charge is 0.314 e. The van der Waals surface area contributed by atoms with Gasteiger partial charge in [-0.1, -0.05) is 48.0 Å². The third kappa shape index (κ3) is 4.07. The minimum atomic E-state index is -3.33. The van der Waals surface area contributed by atoms with E-state index in [1.807, 2.05) is 6.07 Å². The normalized spacial score (nSPS) is 14.2. The summed E-state index contributed by atoms with van der Waals surface area (Å²) in [4.78, 5) is 24.8. The van der Waals surface area contributed by atoms with Crippen molar-refractivity contribution in [3.05, 3.63) is 76.4 Å². The van der Waals surface area contributed by atoms with E-state index in [1.165, 1.54) is 4.68 Å². The SMILES string of the molecule is O=C(NCc1ccccc1Cl)C(=O)Nc1c2c(nn1-c1ccccc1)CS(=O)(=O)C2. The zero-order valence-corrected chi connectivity index (χ0v) is 17.2. The molecule has 1 aliphatic heterocycles. The monoisotopic (exact) mass is 444 g/mol. The summed E-state index contributed by atoms with van der Waals surface area (Å²) >= 11 is 6.06. The van der Waals surface area contributed by atoms with Gasteiger partial charge in [0.1, 0.15) is 5.82 Å². The first-order valence-corrected chi connectivity index (χ1v) is 11.2. The third-order valence-electron chi connectivity index (χ3n) is 4.62. The van der Waals surface area contributed by atoms with Crippen molar-refractivity contribution in [2.24, 2.45) is 0 Å². The van der Waals surface area contributed by atoms with Crippen LogP contribution in [0.15, 0.2) is 54.6 Å². The van der Waals surface area contributed by atoms with Crippen LogP contribution in [0.25, 0.3) is 5.69 Å². The number of fused-ring (bicyclic) bond motifs is 1. The van der Waals surface area contributed by atoms with Crippen molar-refractivity contribution in [1.82, 2.24) is 15.1 Å². The number of halogens is 1. The molecule has 30 heavy (non-hydrogen) atoms. The first-order chi connectivity index (χ1) is 14.3. The maximum absolute atomic E-state index is 12.5. The number of carbonyl (C=O) groups is 2. The number of amides is 2. The predicted molar refractivity (Wildman–Crippen MR) is 112 cm³/mol. The average Bonchev–Trinajstić information content (AvgIpc) is 3.20. The van der Waals surface area contributed by atoms with E-state index in [0.717, 1.165) is 0 Å². The first-order valence-electron chi connectivity index (χ1n) is 9.03. The van der Waals surface area contributed by atoms with Gasteiger partial charge < -0.3 is 10.6 Å². The van der Waals surface area contributed by atoms with E-state index in [9.17, 15) is 18.0 Å². The molecule has 0 spiro atoms. The highest BCUT2D eigenvalue weighted by Gasteiger charge is 2.33. The van der Waals surface area contributed by atoms with Crippen molar-refractivity contribution >= 4 is 39.1 Å². The molecule has 0 saturated heterocycles. The van der Waals surface area contributed by atoms with E-state index < -0.39 is 21.7 Å². The fourth-order valence-electron chi connectivity index (χ4n) is 3.19. The molecule has 154 valence electrons. The lowest BCUT2D eigenvalue weighted by Crippen LogP contribution is -2.35. The van der Waals surface area contributed by atoms with Gasteiger partial charge in [0, 0.05) is 17.1 Å². The molecule has 8 nitrogen and oxygen atoms in total. The molecule has 0 unspecified atom stereocenters. The van der Waals surface area contributed by atoms with Crippen LogP contribution in [-0.4, -0.2) is 30.0 Å². The van der Waals surface area contributed by atoms with Crippen LogP contribution in [0, 0.1) is 0 Å². The van der Waals surface area contributed by atoms with Crippen molar-refractivity contribution < 1.29 is 18.0 Å². The van der Waals surface area contributed by atoms with Gasteiger partial charge in [0.15, 0.2) is 9.84 Å². The second kappa shape index (κ2) is 7.92. The number of hydrogen-bond donors (Lipinski definition) is 2. The molecule has 0 radical (unpaired) electrons. The number of nitrogens with one attached hydrogen (secondary N) is 2. The van der Waals surface area contributed by atoms with Crippen molar-refractivity contribution in [1.29, 1.82) is 0 Å². The van der Waals surface area contributed by atoms with Gasteiger partial charge in [-0.2, -0.15) is 5.10 Å². The fraction of sp³-hybridized carbons (Fsp3) is 0.150. The first kappa shape index (κ1) is 20.1. The van der Waals surface area contributed by atoms with E-state index in [4.69, 9.17) is 11.6 Å². The quantitative estimate of drug-likeness (QED) is 0.599. The van der Waals surface area contributed by atoms with Crippen LogP contribution in [0.4, 0.5) is 5.82 Å². The van der Waals surface area contributed by atoms with Gasteiger partial charge >= 0.3 is 11.8 Å². The Morgan fingerprint density at radius 1 is 1.00 bits per heavy atom. The highest BCUT2D eigenvalue weighted by Crippen LogP contribution is 2.32. The Balaban J connectivity index is 1.57. The summed E-state index contributed by atoms with van der Waals surface area (Å²) in [6.45, 7) is 0.0797. The molecule has 3 aromatic rings. The average molecular weight is 445 g/mol. The van der Waals surface area contributed by atoms with E-state index in [1.54, 1.807) is 48.5 Å². The van der Waals surface area contributed by atoms with Gasteiger partial charge in [-0.05, 0) is 23.8 Å². The van der Waals surface area contributed by atoms with Crippen molar-refractivity contribution in [3.63, 3.8) is 0 Å². The molecule has 2 N–H and O–H groups in total. The Morgan fingerprint density at radius 2 is 1.70 bits per heavy atom. The highest BCUT2D eigenvalue weighted by atomic mass is 35.5. The van der Waals surface area contributed by atoms with Gasteiger partial charge in [-0.25, -0.2) is 13.1 Å². The van der Waals surface area contributed by atoms with Crippen LogP contribution in [0.2, 0.25) is 5.02 Å². The van der Waals surface area contributed by atoms with Crippen LogP contribution in [0.5, 0.6) is 0 Å². The van der Waals surface area contributed by atoms with E-state index >= 15 is 0 Å². The lowest BCUT2D eigenvalue weighted by molar-refractivity contribution is -0.136. The molecule has 0 aliphatic carbocycles. The molecule has 2 aromatic carbocycles. The molecule has 1 aliphatic rings. The van der Waals surface area contributed by atoms with E-state index in [2.05, 4.69) is 15.7 Å². The minimum absolute atomic E-state index is 0.0797. The fourth-order valence-corrected chi connectivity index (χ4v) is 4.89. The topological polar surface area (TPSA) is 110 Å². The number of anilines is 1. The maximum atomic E-state index is 12.5. The number of sulfone groups is 1. The number of para-hydroxylation sites is 1. The van der Waals surface area contributed by atoms with Gasteiger partial charge in [0.2, 0.25) is 0 Å². The molecular formula is C20H17ClN4O4S. The molecule has 0 saturated carbocycles. The Bertz CT molecular complexity index is 1240. The second-order valence-electron chi connectivity index (χ2n) is 6.78. The lowest BCUT2D eigenvalue weighted by Gasteiger charge is -2.11. The summed E-state index contributed by atoms with van der Waals surface area (Å²) in [7, 11) is -3.33. The Morgan fingerprint density at radius 3 is 2.43 bits per heavy atom. The van der Waals surface area contributed by atoms with Gasteiger partial charge in [0.05, 0.1) is 22.9 Å². The number of aromatic nitrogens is 2. The van der Waals surface area contributed by atoms with Crippen LogP contribution in [0.1, 0.15) is 16.8 Å². The Kier molecular flexibility index (Phi) is 5.31. The van der Waals surface area contributed by atoms with Crippen molar-refractivity contribution in [2.45, 2.75) is 18.1 Å². The summed E-state index contributed by atoms with van der Waals surface area (Å²) in [6.07, 6.45) is 0. The summed E-state index contributed by atoms with van der Waals surface area (Å²) in [5.74, 6) is -2.07.